The highest BCUT2D eigenvalue weighted by Gasteiger charge is 2.28. The summed E-state index contributed by atoms with van der Waals surface area (Å²) in [6, 6.07) is 23.1. The second-order valence-electron chi connectivity index (χ2n) is 7.23. The summed E-state index contributed by atoms with van der Waals surface area (Å²) in [6.45, 7) is 2.79. The molecular formula is C23H24FN3O2S. The molecule has 0 atom stereocenters. The molecule has 1 aliphatic rings. The fraction of sp³-hybridized carbons (Fsp3) is 0.217. The highest BCUT2D eigenvalue weighted by molar-refractivity contribution is 7.89. The van der Waals surface area contributed by atoms with Gasteiger partial charge in [-0.15, -0.1) is 0 Å². The van der Waals surface area contributed by atoms with Crippen molar-refractivity contribution in [3.63, 3.8) is 0 Å². The van der Waals surface area contributed by atoms with Crippen LogP contribution in [0.2, 0.25) is 0 Å². The first kappa shape index (κ1) is 20.4. The Labute approximate surface area is 176 Å². The number of hydrogen-bond donors (Lipinski definition) is 1. The first-order valence-electron chi connectivity index (χ1n) is 9.91. The molecule has 0 unspecified atom stereocenters. The van der Waals surface area contributed by atoms with E-state index in [9.17, 15) is 12.8 Å². The maximum atomic E-state index is 13.0. The summed E-state index contributed by atoms with van der Waals surface area (Å²) in [7, 11) is -3.52. The maximum absolute atomic E-state index is 13.0. The largest absolute Gasteiger partial charge is 0.381 e. The number of halogens is 1. The van der Waals surface area contributed by atoms with Crippen LogP contribution in [-0.4, -0.2) is 38.9 Å². The number of benzene rings is 3. The van der Waals surface area contributed by atoms with Crippen molar-refractivity contribution in [1.82, 2.24) is 4.31 Å². The molecule has 0 radical (unpaired) electrons. The summed E-state index contributed by atoms with van der Waals surface area (Å²) in [5, 5.41) is 3.23. The average molecular weight is 426 g/mol. The summed E-state index contributed by atoms with van der Waals surface area (Å²) >= 11 is 0. The zero-order chi connectivity index (χ0) is 21.0. The minimum atomic E-state index is -3.52. The van der Waals surface area contributed by atoms with E-state index >= 15 is 0 Å². The van der Waals surface area contributed by atoms with Crippen molar-refractivity contribution in [3.05, 3.63) is 90.2 Å². The lowest BCUT2D eigenvalue weighted by atomic mass is 10.2. The summed E-state index contributed by atoms with van der Waals surface area (Å²) in [5.74, 6) is -0.266. The van der Waals surface area contributed by atoms with Gasteiger partial charge < -0.3 is 10.2 Å². The zero-order valence-electron chi connectivity index (χ0n) is 16.5. The molecule has 30 heavy (non-hydrogen) atoms. The number of rotatable bonds is 6. The molecule has 1 saturated heterocycles. The van der Waals surface area contributed by atoms with E-state index in [-0.39, 0.29) is 5.82 Å². The molecule has 0 spiro atoms. The summed E-state index contributed by atoms with van der Waals surface area (Å²) in [4.78, 5) is 2.50. The average Bonchev–Trinajstić information content (AvgIpc) is 2.80. The van der Waals surface area contributed by atoms with E-state index in [1.54, 1.807) is 40.7 Å². The molecule has 156 valence electrons. The van der Waals surface area contributed by atoms with Crippen LogP contribution >= 0.6 is 0 Å². The normalized spacial score (nSPS) is 15.2. The molecule has 1 N–H and O–H groups in total. The fourth-order valence-electron chi connectivity index (χ4n) is 3.53. The fourth-order valence-corrected chi connectivity index (χ4v) is 4.95. The lowest BCUT2D eigenvalue weighted by molar-refractivity contribution is 0.385. The van der Waals surface area contributed by atoms with E-state index in [0.29, 0.717) is 37.6 Å². The number of hydrogen-bond acceptors (Lipinski definition) is 4. The maximum Gasteiger partial charge on any atom is 0.243 e. The van der Waals surface area contributed by atoms with Crippen LogP contribution in [0.5, 0.6) is 0 Å². The first-order chi connectivity index (χ1) is 14.5. The Morgan fingerprint density at radius 1 is 0.800 bits per heavy atom. The molecular weight excluding hydrogens is 401 g/mol. The molecule has 1 aliphatic heterocycles. The van der Waals surface area contributed by atoms with E-state index in [1.807, 2.05) is 30.3 Å². The minimum absolute atomic E-state index is 0.266. The highest BCUT2D eigenvalue weighted by atomic mass is 32.2. The van der Waals surface area contributed by atoms with Gasteiger partial charge in [0.1, 0.15) is 5.82 Å². The minimum Gasteiger partial charge on any atom is -0.381 e. The summed E-state index contributed by atoms with van der Waals surface area (Å²) < 4.78 is 40.5. The van der Waals surface area contributed by atoms with E-state index in [1.165, 1.54) is 12.1 Å². The molecule has 4 rings (SSSR count). The van der Waals surface area contributed by atoms with Gasteiger partial charge in [0.05, 0.1) is 4.90 Å². The van der Waals surface area contributed by atoms with Gasteiger partial charge in [0.15, 0.2) is 0 Å². The third-order valence-electron chi connectivity index (χ3n) is 5.26. The second kappa shape index (κ2) is 8.85. The molecule has 1 heterocycles. The van der Waals surface area contributed by atoms with Crippen LogP contribution in [0.4, 0.5) is 15.8 Å². The standard InChI is InChI=1S/C23H24FN3O2S/c24-20-8-6-19(7-9-20)18-25-21-10-12-23(13-11-21)30(28,29)27-16-14-26(15-17-27)22-4-2-1-3-5-22/h1-13,25H,14-18H2. The van der Waals surface area contributed by atoms with Gasteiger partial charge in [-0.25, -0.2) is 12.8 Å². The van der Waals surface area contributed by atoms with Crippen LogP contribution < -0.4 is 10.2 Å². The molecule has 3 aromatic rings. The van der Waals surface area contributed by atoms with Crippen LogP contribution in [0.25, 0.3) is 0 Å². The van der Waals surface area contributed by atoms with Gasteiger partial charge in [0.25, 0.3) is 0 Å². The third kappa shape index (κ3) is 4.63. The van der Waals surface area contributed by atoms with Crippen LogP contribution in [-0.2, 0) is 16.6 Å². The number of anilines is 2. The van der Waals surface area contributed by atoms with Gasteiger partial charge in [-0.1, -0.05) is 30.3 Å². The van der Waals surface area contributed by atoms with Crippen molar-refractivity contribution in [3.8, 4) is 0 Å². The molecule has 1 fully saturated rings. The summed E-state index contributed by atoms with van der Waals surface area (Å²) in [5.41, 5.74) is 2.88. The Bertz CT molecular complexity index is 1060. The van der Waals surface area contributed by atoms with Gasteiger partial charge in [-0.2, -0.15) is 4.31 Å². The topological polar surface area (TPSA) is 52.7 Å². The number of piperazine rings is 1. The Morgan fingerprint density at radius 3 is 2.07 bits per heavy atom. The van der Waals surface area contributed by atoms with E-state index in [4.69, 9.17) is 0 Å². The predicted molar refractivity (Wildman–Crippen MR) is 118 cm³/mol. The number of para-hydroxylation sites is 1. The monoisotopic (exact) mass is 425 g/mol. The second-order valence-corrected chi connectivity index (χ2v) is 9.17. The van der Waals surface area contributed by atoms with E-state index in [2.05, 4.69) is 10.2 Å². The Kier molecular flexibility index (Phi) is 6.01. The molecule has 0 amide bonds. The Hall–Kier alpha value is -2.90. The van der Waals surface area contributed by atoms with E-state index < -0.39 is 10.0 Å². The molecule has 0 saturated carbocycles. The van der Waals surface area contributed by atoms with Gasteiger partial charge in [-0.3, -0.25) is 0 Å². The highest BCUT2D eigenvalue weighted by Crippen LogP contribution is 2.22. The van der Waals surface area contributed by atoms with Crippen LogP contribution in [0, 0.1) is 5.82 Å². The van der Waals surface area contributed by atoms with Crippen molar-refractivity contribution in [2.75, 3.05) is 36.4 Å². The Morgan fingerprint density at radius 2 is 1.43 bits per heavy atom. The van der Waals surface area contributed by atoms with Gasteiger partial charge in [-0.05, 0) is 54.1 Å². The molecule has 7 heteroatoms. The van der Waals surface area contributed by atoms with Crippen molar-refractivity contribution >= 4 is 21.4 Å². The summed E-state index contributed by atoms with van der Waals surface area (Å²) in [6.07, 6.45) is 0. The number of sulfonamides is 1. The van der Waals surface area contributed by atoms with Gasteiger partial charge >= 0.3 is 0 Å². The number of nitrogens with zero attached hydrogens (tertiary/aromatic N) is 2. The van der Waals surface area contributed by atoms with Crippen molar-refractivity contribution < 1.29 is 12.8 Å². The number of nitrogens with one attached hydrogen (secondary N) is 1. The quantitative estimate of drug-likeness (QED) is 0.650. The Balaban J connectivity index is 1.36. The van der Waals surface area contributed by atoms with Crippen LogP contribution in [0.1, 0.15) is 5.56 Å². The van der Waals surface area contributed by atoms with Crippen LogP contribution in [0.3, 0.4) is 0 Å². The van der Waals surface area contributed by atoms with Gasteiger partial charge in [0, 0.05) is 44.1 Å². The van der Waals surface area contributed by atoms with Gasteiger partial charge in [0.2, 0.25) is 10.0 Å². The van der Waals surface area contributed by atoms with Crippen molar-refractivity contribution in [2.24, 2.45) is 0 Å². The zero-order valence-corrected chi connectivity index (χ0v) is 17.4. The van der Waals surface area contributed by atoms with Crippen molar-refractivity contribution in [1.29, 1.82) is 0 Å². The first-order valence-corrected chi connectivity index (χ1v) is 11.3. The predicted octanol–water partition coefficient (Wildman–Crippen LogP) is 3.95. The SMILES string of the molecule is O=S(=O)(c1ccc(NCc2ccc(F)cc2)cc1)N1CCN(c2ccccc2)CC1. The molecule has 3 aromatic carbocycles. The molecule has 0 aromatic heterocycles. The molecule has 5 nitrogen and oxygen atoms in total. The molecule has 0 aliphatic carbocycles. The lowest BCUT2D eigenvalue weighted by Gasteiger charge is -2.35. The van der Waals surface area contributed by atoms with E-state index in [0.717, 1.165) is 16.9 Å². The third-order valence-corrected chi connectivity index (χ3v) is 7.17. The van der Waals surface area contributed by atoms with Crippen molar-refractivity contribution in [2.45, 2.75) is 11.4 Å². The van der Waals surface area contributed by atoms with Crippen LogP contribution in [0.15, 0.2) is 83.8 Å². The smallest absolute Gasteiger partial charge is 0.243 e. The molecule has 0 bridgehead atoms. The lowest BCUT2D eigenvalue weighted by Crippen LogP contribution is -2.48.